The molecule has 1 heterocycles. The van der Waals surface area contributed by atoms with Crippen molar-refractivity contribution in [2.24, 2.45) is 5.92 Å². The molecule has 1 N–H and O–H groups in total. The van der Waals surface area contributed by atoms with Crippen LogP contribution in [0.15, 0.2) is 48.5 Å². The fourth-order valence-corrected chi connectivity index (χ4v) is 3.16. The first-order valence-corrected chi connectivity index (χ1v) is 8.36. The number of nitrogens with zero attached hydrogens (tertiary/aromatic N) is 2. The van der Waals surface area contributed by atoms with Crippen LogP contribution in [0.1, 0.15) is 24.4 Å². The van der Waals surface area contributed by atoms with Crippen LogP contribution in [0, 0.1) is 26.1 Å². The highest BCUT2D eigenvalue weighted by molar-refractivity contribution is 5.66. The van der Waals surface area contributed by atoms with Gasteiger partial charge in [-0.25, -0.2) is 0 Å². The Morgan fingerprint density at radius 1 is 1.12 bits per heavy atom. The van der Waals surface area contributed by atoms with Gasteiger partial charge in [-0.05, 0) is 30.4 Å². The molecule has 2 atom stereocenters. The van der Waals surface area contributed by atoms with Gasteiger partial charge in [0.25, 0.3) is 11.4 Å². The van der Waals surface area contributed by atoms with Crippen LogP contribution in [-0.2, 0) is 4.74 Å². The fourth-order valence-electron chi connectivity index (χ4n) is 3.16. The van der Waals surface area contributed by atoms with Gasteiger partial charge in [0.2, 0.25) is 0 Å². The molecule has 26 heavy (non-hydrogen) atoms. The molecule has 0 radical (unpaired) electrons. The molecule has 0 aromatic heterocycles. The lowest BCUT2D eigenvalue weighted by atomic mass is 9.94. The van der Waals surface area contributed by atoms with Crippen LogP contribution in [0.5, 0.6) is 0 Å². The van der Waals surface area contributed by atoms with E-state index in [-0.39, 0.29) is 23.1 Å². The number of hydrogen-bond donors (Lipinski definition) is 1. The van der Waals surface area contributed by atoms with Crippen LogP contribution in [0.2, 0.25) is 0 Å². The normalized spacial score (nSPS) is 17.6. The van der Waals surface area contributed by atoms with Gasteiger partial charge in [0, 0.05) is 19.3 Å². The summed E-state index contributed by atoms with van der Waals surface area (Å²) in [6.45, 7) is 1.40. The molecule has 1 aliphatic rings. The van der Waals surface area contributed by atoms with Crippen molar-refractivity contribution in [3.05, 3.63) is 74.3 Å². The minimum absolute atomic E-state index is 0.150. The van der Waals surface area contributed by atoms with Crippen molar-refractivity contribution >= 4 is 17.1 Å². The molecule has 8 nitrogen and oxygen atoms in total. The topological polar surface area (TPSA) is 108 Å². The molecule has 0 spiro atoms. The van der Waals surface area contributed by atoms with Crippen molar-refractivity contribution in [2.75, 3.05) is 18.5 Å². The maximum absolute atomic E-state index is 11.4. The Morgan fingerprint density at radius 3 is 2.50 bits per heavy atom. The molecule has 2 aromatic carbocycles. The second-order valence-electron chi connectivity index (χ2n) is 6.29. The van der Waals surface area contributed by atoms with Gasteiger partial charge in [-0.2, -0.15) is 0 Å². The first-order valence-electron chi connectivity index (χ1n) is 8.36. The van der Waals surface area contributed by atoms with E-state index in [2.05, 4.69) is 5.32 Å². The van der Waals surface area contributed by atoms with Gasteiger partial charge in [-0.3, -0.25) is 20.2 Å². The molecule has 0 bridgehead atoms. The number of ether oxygens (including phenoxy) is 1. The summed E-state index contributed by atoms with van der Waals surface area (Å²) in [4.78, 5) is 21.1. The summed E-state index contributed by atoms with van der Waals surface area (Å²) >= 11 is 0. The second kappa shape index (κ2) is 7.92. The van der Waals surface area contributed by atoms with E-state index in [0.717, 1.165) is 31.1 Å². The Hall–Kier alpha value is -3.00. The number of benzene rings is 2. The minimum atomic E-state index is -0.638. The molecule has 1 fully saturated rings. The third kappa shape index (κ3) is 4.15. The molecule has 8 heteroatoms. The third-order valence-electron chi connectivity index (χ3n) is 4.51. The lowest BCUT2D eigenvalue weighted by Gasteiger charge is -2.23. The minimum Gasteiger partial charge on any atom is -0.381 e. The van der Waals surface area contributed by atoms with Gasteiger partial charge in [0.05, 0.1) is 22.0 Å². The highest BCUT2D eigenvalue weighted by atomic mass is 16.6. The quantitative estimate of drug-likeness (QED) is 0.591. The Kier molecular flexibility index (Phi) is 5.43. The SMILES string of the molecule is O=[N+]([O-])c1ccc(NC(CC2CCOC2)c2ccccc2)c([N+](=O)[O-])c1. The Bertz CT molecular complexity index is 791. The summed E-state index contributed by atoms with van der Waals surface area (Å²) in [5.74, 6) is 0.366. The molecule has 136 valence electrons. The third-order valence-corrected chi connectivity index (χ3v) is 4.51. The Labute approximate surface area is 150 Å². The predicted octanol–water partition coefficient (Wildman–Crippen LogP) is 4.08. The number of non-ortho nitro benzene ring substituents is 1. The van der Waals surface area contributed by atoms with Gasteiger partial charge in [-0.1, -0.05) is 30.3 Å². The van der Waals surface area contributed by atoms with Gasteiger partial charge in [0.1, 0.15) is 5.69 Å². The van der Waals surface area contributed by atoms with Crippen LogP contribution < -0.4 is 5.32 Å². The second-order valence-corrected chi connectivity index (χ2v) is 6.29. The molecule has 0 amide bonds. The first-order chi connectivity index (χ1) is 12.5. The summed E-state index contributed by atoms with van der Waals surface area (Å²) in [6.07, 6.45) is 1.71. The summed E-state index contributed by atoms with van der Waals surface area (Å²) in [5, 5.41) is 25.5. The van der Waals surface area contributed by atoms with Crippen molar-refractivity contribution < 1.29 is 14.6 Å². The van der Waals surface area contributed by atoms with Gasteiger partial charge >= 0.3 is 0 Å². The summed E-state index contributed by atoms with van der Waals surface area (Å²) < 4.78 is 5.44. The van der Waals surface area contributed by atoms with Crippen molar-refractivity contribution in [3.63, 3.8) is 0 Å². The van der Waals surface area contributed by atoms with E-state index in [1.807, 2.05) is 30.3 Å². The number of hydrogen-bond acceptors (Lipinski definition) is 6. The number of anilines is 1. The van der Waals surface area contributed by atoms with Crippen LogP contribution in [-0.4, -0.2) is 23.1 Å². The standard InChI is InChI=1S/C18H19N3O5/c22-20(23)15-6-7-16(18(11-15)21(24)25)19-17(10-13-8-9-26-12-13)14-4-2-1-3-5-14/h1-7,11,13,17,19H,8-10,12H2. The van der Waals surface area contributed by atoms with Gasteiger partial charge in [0.15, 0.2) is 0 Å². The molecule has 0 aliphatic carbocycles. The largest absolute Gasteiger partial charge is 0.381 e. The molecule has 1 saturated heterocycles. The van der Waals surface area contributed by atoms with E-state index in [9.17, 15) is 20.2 Å². The van der Waals surface area contributed by atoms with E-state index < -0.39 is 9.85 Å². The van der Waals surface area contributed by atoms with Crippen LogP contribution in [0.25, 0.3) is 0 Å². The van der Waals surface area contributed by atoms with E-state index in [1.165, 1.54) is 12.1 Å². The zero-order chi connectivity index (χ0) is 18.5. The zero-order valence-corrected chi connectivity index (χ0v) is 14.0. The molecular weight excluding hydrogens is 338 g/mol. The first kappa shape index (κ1) is 17.8. The molecule has 2 unspecified atom stereocenters. The van der Waals surface area contributed by atoms with Crippen molar-refractivity contribution in [1.82, 2.24) is 0 Å². The number of nitrogens with one attached hydrogen (secondary N) is 1. The van der Waals surface area contributed by atoms with Crippen LogP contribution >= 0.6 is 0 Å². The van der Waals surface area contributed by atoms with E-state index in [1.54, 1.807) is 0 Å². The average molecular weight is 357 g/mol. The number of nitro benzene ring substituents is 2. The van der Waals surface area contributed by atoms with Crippen molar-refractivity contribution in [3.8, 4) is 0 Å². The smallest absolute Gasteiger partial charge is 0.299 e. The monoisotopic (exact) mass is 357 g/mol. The van der Waals surface area contributed by atoms with Gasteiger partial charge in [-0.15, -0.1) is 0 Å². The molecule has 2 aromatic rings. The molecule has 1 aliphatic heterocycles. The fraction of sp³-hybridized carbons (Fsp3) is 0.333. The highest BCUT2D eigenvalue weighted by Gasteiger charge is 2.25. The Balaban J connectivity index is 1.90. The molecule has 0 saturated carbocycles. The predicted molar refractivity (Wildman–Crippen MR) is 96.1 cm³/mol. The summed E-state index contributed by atoms with van der Waals surface area (Å²) in [5.41, 5.74) is 0.672. The van der Waals surface area contributed by atoms with E-state index >= 15 is 0 Å². The highest BCUT2D eigenvalue weighted by Crippen LogP contribution is 2.35. The number of nitro groups is 2. The number of rotatable bonds is 7. The Morgan fingerprint density at radius 2 is 1.88 bits per heavy atom. The van der Waals surface area contributed by atoms with Crippen LogP contribution in [0.4, 0.5) is 17.1 Å². The van der Waals surface area contributed by atoms with Crippen molar-refractivity contribution in [1.29, 1.82) is 0 Å². The zero-order valence-electron chi connectivity index (χ0n) is 14.0. The molecular formula is C18H19N3O5. The average Bonchev–Trinajstić information content (AvgIpc) is 3.15. The lowest BCUT2D eigenvalue weighted by Crippen LogP contribution is -2.16. The van der Waals surface area contributed by atoms with Crippen LogP contribution in [0.3, 0.4) is 0 Å². The van der Waals surface area contributed by atoms with E-state index in [4.69, 9.17) is 4.74 Å². The maximum atomic E-state index is 11.4. The summed E-state index contributed by atoms with van der Waals surface area (Å²) in [6, 6.07) is 13.2. The lowest BCUT2D eigenvalue weighted by molar-refractivity contribution is -0.393. The maximum Gasteiger partial charge on any atom is 0.299 e. The van der Waals surface area contributed by atoms with Gasteiger partial charge < -0.3 is 10.1 Å². The van der Waals surface area contributed by atoms with Crippen molar-refractivity contribution in [2.45, 2.75) is 18.9 Å². The summed E-state index contributed by atoms with van der Waals surface area (Å²) in [7, 11) is 0. The molecule has 3 rings (SSSR count). The van der Waals surface area contributed by atoms with E-state index in [0.29, 0.717) is 12.5 Å².